The zero-order valence-corrected chi connectivity index (χ0v) is 13.3. The number of Topliss-reactive ketones (excluding diaryl/α,β-unsaturated/α-hetero) is 1. The van der Waals surface area contributed by atoms with E-state index >= 15 is 0 Å². The van der Waals surface area contributed by atoms with E-state index in [9.17, 15) is 4.79 Å². The highest BCUT2D eigenvalue weighted by atomic mass is 16.1. The molecule has 1 fully saturated rings. The van der Waals surface area contributed by atoms with Gasteiger partial charge in [0.25, 0.3) is 0 Å². The van der Waals surface area contributed by atoms with E-state index in [1.165, 1.54) is 51.4 Å². The standard InChI is InChI=1S/C17H33NO/c1-4-5-6-7-10-13-16(19)17(2,3)18-14-11-8-9-12-15-18/h4-15H2,1-3H3. The fourth-order valence-electron chi connectivity index (χ4n) is 3.00. The van der Waals surface area contributed by atoms with E-state index in [0.717, 1.165) is 25.9 Å². The van der Waals surface area contributed by atoms with E-state index in [4.69, 9.17) is 0 Å². The molecule has 0 aliphatic carbocycles. The summed E-state index contributed by atoms with van der Waals surface area (Å²) in [6.07, 6.45) is 12.1. The predicted octanol–water partition coefficient (Wildman–Crippen LogP) is 4.57. The zero-order valence-electron chi connectivity index (χ0n) is 13.3. The van der Waals surface area contributed by atoms with Crippen LogP contribution in [-0.2, 0) is 4.79 Å². The molecular weight excluding hydrogens is 234 g/mol. The van der Waals surface area contributed by atoms with Gasteiger partial charge in [0.05, 0.1) is 5.54 Å². The van der Waals surface area contributed by atoms with Crippen molar-refractivity contribution in [1.82, 2.24) is 4.90 Å². The number of carbonyl (C=O) groups excluding carboxylic acids is 1. The molecule has 1 heterocycles. The largest absolute Gasteiger partial charge is 0.298 e. The second-order valence-corrected chi connectivity index (χ2v) is 6.55. The third-order valence-corrected chi connectivity index (χ3v) is 4.59. The van der Waals surface area contributed by atoms with Crippen molar-refractivity contribution >= 4 is 5.78 Å². The lowest BCUT2D eigenvalue weighted by atomic mass is 9.92. The van der Waals surface area contributed by atoms with Crippen molar-refractivity contribution in [1.29, 1.82) is 0 Å². The van der Waals surface area contributed by atoms with Crippen LogP contribution in [0.1, 0.15) is 85.0 Å². The van der Waals surface area contributed by atoms with Crippen LogP contribution in [0.15, 0.2) is 0 Å². The van der Waals surface area contributed by atoms with Crippen molar-refractivity contribution in [3.05, 3.63) is 0 Å². The van der Waals surface area contributed by atoms with Crippen LogP contribution in [-0.4, -0.2) is 29.3 Å². The average Bonchev–Trinajstić information content (AvgIpc) is 2.67. The molecule has 1 rings (SSSR count). The van der Waals surface area contributed by atoms with Crippen LogP contribution in [0, 0.1) is 0 Å². The number of hydrogen-bond acceptors (Lipinski definition) is 2. The number of rotatable bonds is 8. The Labute approximate surface area is 119 Å². The van der Waals surface area contributed by atoms with Gasteiger partial charge in [-0.05, 0) is 46.2 Å². The Morgan fingerprint density at radius 3 is 2.11 bits per heavy atom. The lowest BCUT2D eigenvalue weighted by Gasteiger charge is -2.36. The lowest BCUT2D eigenvalue weighted by molar-refractivity contribution is -0.129. The molecule has 1 saturated heterocycles. The molecule has 1 aliphatic heterocycles. The van der Waals surface area contributed by atoms with Crippen LogP contribution in [0.4, 0.5) is 0 Å². The number of unbranched alkanes of at least 4 members (excludes halogenated alkanes) is 4. The summed E-state index contributed by atoms with van der Waals surface area (Å²) in [5.41, 5.74) is -0.241. The summed E-state index contributed by atoms with van der Waals surface area (Å²) in [6.45, 7) is 8.70. The maximum absolute atomic E-state index is 12.5. The summed E-state index contributed by atoms with van der Waals surface area (Å²) in [6, 6.07) is 0. The van der Waals surface area contributed by atoms with Crippen LogP contribution < -0.4 is 0 Å². The minimum Gasteiger partial charge on any atom is -0.298 e. The molecule has 0 bridgehead atoms. The second-order valence-electron chi connectivity index (χ2n) is 6.55. The van der Waals surface area contributed by atoms with E-state index in [-0.39, 0.29) is 5.54 Å². The molecule has 19 heavy (non-hydrogen) atoms. The Kier molecular flexibility index (Phi) is 7.67. The molecule has 0 unspecified atom stereocenters. The fraction of sp³-hybridized carbons (Fsp3) is 0.941. The van der Waals surface area contributed by atoms with Gasteiger partial charge in [0.15, 0.2) is 5.78 Å². The van der Waals surface area contributed by atoms with Crippen molar-refractivity contribution in [2.24, 2.45) is 0 Å². The summed E-state index contributed by atoms with van der Waals surface area (Å²) in [7, 11) is 0. The third-order valence-electron chi connectivity index (χ3n) is 4.59. The Balaban J connectivity index is 2.35. The van der Waals surface area contributed by atoms with Gasteiger partial charge in [-0.15, -0.1) is 0 Å². The van der Waals surface area contributed by atoms with Crippen molar-refractivity contribution in [3.8, 4) is 0 Å². The summed E-state index contributed by atoms with van der Waals surface area (Å²) in [5.74, 6) is 0.450. The molecule has 0 aromatic heterocycles. The summed E-state index contributed by atoms with van der Waals surface area (Å²) < 4.78 is 0. The first-order valence-electron chi connectivity index (χ1n) is 8.37. The molecule has 0 saturated carbocycles. The van der Waals surface area contributed by atoms with Gasteiger partial charge in [0.2, 0.25) is 0 Å². The second kappa shape index (κ2) is 8.73. The van der Waals surface area contributed by atoms with Gasteiger partial charge in [-0.25, -0.2) is 0 Å². The van der Waals surface area contributed by atoms with Crippen LogP contribution >= 0.6 is 0 Å². The smallest absolute Gasteiger partial charge is 0.152 e. The third kappa shape index (κ3) is 5.64. The number of carbonyl (C=O) groups is 1. The Morgan fingerprint density at radius 2 is 1.53 bits per heavy atom. The van der Waals surface area contributed by atoms with E-state index in [2.05, 4.69) is 25.7 Å². The molecule has 0 radical (unpaired) electrons. The molecule has 2 nitrogen and oxygen atoms in total. The van der Waals surface area contributed by atoms with Gasteiger partial charge in [0.1, 0.15) is 0 Å². The Bertz CT molecular complexity index is 252. The molecular formula is C17H33NO. The summed E-state index contributed by atoms with van der Waals surface area (Å²) in [5, 5.41) is 0. The first-order valence-corrected chi connectivity index (χ1v) is 8.37. The topological polar surface area (TPSA) is 20.3 Å². The normalized spacial score (nSPS) is 18.3. The van der Waals surface area contributed by atoms with Gasteiger partial charge in [-0.2, -0.15) is 0 Å². The van der Waals surface area contributed by atoms with E-state index in [1.54, 1.807) is 0 Å². The molecule has 1 aliphatic rings. The molecule has 0 spiro atoms. The van der Waals surface area contributed by atoms with Crippen LogP contribution in [0.25, 0.3) is 0 Å². The number of likely N-dealkylation sites (tertiary alicyclic amines) is 1. The van der Waals surface area contributed by atoms with Crippen molar-refractivity contribution in [3.63, 3.8) is 0 Å². The van der Waals surface area contributed by atoms with Crippen LogP contribution in [0.2, 0.25) is 0 Å². The number of hydrogen-bond donors (Lipinski definition) is 0. The molecule has 112 valence electrons. The quantitative estimate of drug-likeness (QED) is 0.600. The Morgan fingerprint density at radius 1 is 0.947 bits per heavy atom. The molecule has 0 aromatic carbocycles. The molecule has 2 heteroatoms. The highest BCUT2D eigenvalue weighted by Crippen LogP contribution is 2.23. The maximum Gasteiger partial charge on any atom is 0.152 e. The first-order chi connectivity index (χ1) is 9.09. The first kappa shape index (κ1) is 16.7. The summed E-state index contributed by atoms with van der Waals surface area (Å²) in [4.78, 5) is 14.9. The van der Waals surface area contributed by atoms with Crippen molar-refractivity contribution in [2.75, 3.05) is 13.1 Å². The van der Waals surface area contributed by atoms with Crippen LogP contribution in [0.5, 0.6) is 0 Å². The van der Waals surface area contributed by atoms with Gasteiger partial charge in [0, 0.05) is 6.42 Å². The maximum atomic E-state index is 12.5. The minimum absolute atomic E-state index is 0.241. The molecule has 0 N–H and O–H groups in total. The van der Waals surface area contributed by atoms with Crippen molar-refractivity contribution < 1.29 is 4.79 Å². The van der Waals surface area contributed by atoms with Gasteiger partial charge in [-0.1, -0.05) is 45.4 Å². The minimum atomic E-state index is -0.241. The number of nitrogens with zero attached hydrogens (tertiary/aromatic N) is 1. The monoisotopic (exact) mass is 267 g/mol. The Hall–Kier alpha value is -0.370. The van der Waals surface area contributed by atoms with Gasteiger partial charge >= 0.3 is 0 Å². The SMILES string of the molecule is CCCCCCCC(=O)C(C)(C)N1CCCCCC1. The van der Waals surface area contributed by atoms with Crippen molar-refractivity contribution in [2.45, 2.75) is 90.5 Å². The van der Waals surface area contributed by atoms with E-state index < -0.39 is 0 Å². The predicted molar refractivity (Wildman–Crippen MR) is 82.5 cm³/mol. The molecule has 0 amide bonds. The van der Waals surface area contributed by atoms with Gasteiger partial charge in [-0.3, -0.25) is 9.69 Å². The van der Waals surface area contributed by atoms with E-state index in [1.807, 2.05) is 0 Å². The highest BCUT2D eigenvalue weighted by Gasteiger charge is 2.33. The van der Waals surface area contributed by atoms with Crippen LogP contribution in [0.3, 0.4) is 0 Å². The average molecular weight is 267 g/mol. The number of ketones is 1. The van der Waals surface area contributed by atoms with Gasteiger partial charge < -0.3 is 0 Å². The fourth-order valence-corrected chi connectivity index (χ4v) is 3.00. The molecule has 0 atom stereocenters. The summed E-state index contributed by atoms with van der Waals surface area (Å²) >= 11 is 0. The lowest BCUT2D eigenvalue weighted by Crippen LogP contribution is -2.50. The van der Waals surface area contributed by atoms with E-state index in [0.29, 0.717) is 5.78 Å². The highest BCUT2D eigenvalue weighted by molar-refractivity contribution is 5.87. The molecule has 0 aromatic rings. The zero-order chi connectivity index (χ0) is 14.1.